The molecule has 3 aliphatic rings. The molecule has 0 radical (unpaired) electrons. The van der Waals surface area contributed by atoms with Crippen molar-refractivity contribution >= 4 is 17.6 Å². The number of urea groups is 1. The van der Waals surface area contributed by atoms with E-state index >= 15 is 0 Å². The predicted molar refractivity (Wildman–Crippen MR) is 110 cm³/mol. The molecule has 0 spiro atoms. The van der Waals surface area contributed by atoms with E-state index in [1.165, 1.54) is 38.6 Å². The first-order chi connectivity index (χ1) is 13.7. The van der Waals surface area contributed by atoms with Crippen LogP contribution in [0, 0.1) is 5.92 Å². The third-order valence-corrected chi connectivity index (χ3v) is 6.53. The summed E-state index contributed by atoms with van der Waals surface area (Å²) in [4.78, 5) is 31.1. The van der Waals surface area contributed by atoms with Gasteiger partial charge in [0, 0.05) is 37.9 Å². The molecule has 0 aromatic heterocycles. The van der Waals surface area contributed by atoms with E-state index in [2.05, 4.69) is 10.2 Å². The molecule has 28 heavy (non-hydrogen) atoms. The van der Waals surface area contributed by atoms with Gasteiger partial charge < -0.3 is 20.0 Å². The van der Waals surface area contributed by atoms with Crippen molar-refractivity contribution in [3.05, 3.63) is 30.3 Å². The summed E-state index contributed by atoms with van der Waals surface area (Å²) in [7, 11) is 0. The monoisotopic (exact) mass is 384 g/mol. The van der Waals surface area contributed by atoms with Crippen LogP contribution in [0.1, 0.15) is 38.5 Å². The summed E-state index contributed by atoms with van der Waals surface area (Å²) in [6.45, 7) is 4.26. The fourth-order valence-electron chi connectivity index (χ4n) is 4.88. The summed E-state index contributed by atoms with van der Waals surface area (Å²) in [6, 6.07) is 10.3. The van der Waals surface area contributed by atoms with Crippen molar-refractivity contribution in [3.8, 4) is 0 Å². The zero-order chi connectivity index (χ0) is 19.3. The minimum Gasteiger partial charge on any atom is -0.338 e. The molecule has 1 atom stereocenters. The van der Waals surface area contributed by atoms with Crippen molar-refractivity contribution in [3.63, 3.8) is 0 Å². The van der Waals surface area contributed by atoms with Crippen molar-refractivity contribution < 1.29 is 9.59 Å². The van der Waals surface area contributed by atoms with Gasteiger partial charge in [-0.25, -0.2) is 4.79 Å². The molecular weight excluding hydrogens is 352 g/mol. The maximum atomic E-state index is 12.6. The van der Waals surface area contributed by atoms with Crippen LogP contribution in [0.3, 0.4) is 0 Å². The number of benzene rings is 1. The highest BCUT2D eigenvalue weighted by Gasteiger charge is 2.31. The number of likely N-dealkylation sites (tertiary alicyclic amines) is 1. The van der Waals surface area contributed by atoms with Crippen LogP contribution in [0.15, 0.2) is 30.3 Å². The van der Waals surface area contributed by atoms with Crippen LogP contribution < -0.4 is 10.2 Å². The Balaban J connectivity index is 1.21. The fourth-order valence-corrected chi connectivity index (χ4v) is 4.88. The van der Waals surface area contributed by atoms with Gasteiger partial charge in [0.25, 0.3) is 0 Å². The fraction of sp³-hybridized carbons (Fsp3) is 0.636. The third-order valence-electron chi connectivity index (χ3n) is 6.53. The standard InChI is InChI=1S/C22H32N4O2/c27-21-17-25(13-14-26(21)20-9-5-2-6-10-20)22(28)23-15-18-11-12-24(16-18)19-7-3-1-4-8-19/h2,5-6,9-10,18-19H,1,3-4,7-8,11-17H2,(H,23,28)/t18-/m1/s1. The van der Waals surface area contributed by atoms with E-state index in [-0.39, 0.29) is 18.5 Å². The molecule has 1 aromatic rings. The normalized spacial score (nSPS) is 24.6. The van der Waals surface area contributed by atoms with Gasteiger partial charge in [0.05, 0.1) is 0 Å². The number of nitrogens with one attached hydrogen (secondary N) is 1. The first-order valence-corrected chi connectivity index (χ1v) is 10.8. The highest BCUT2D eigenvalue weighted by molar-refractivity contribution is 5.97. The van der Waals surface area contributed by atoms with Gasteiger partial charge in [-0.05, 0) is 43.9 Å². The first-order valence-electron chi connectivity index (χ1n) is 10.8. The smallest absolute Gasteiger partial charge is 0.317 e. The number of hydrogen-bond acceptors (Lipinski definition) is 3. The predicted octanol–water partition coefficient (Wildman–Crippen LogP) is 2.70. The Morgan fingerprint density at radius 3 is 2.54 bits per heavy atom. The quantitative estimate of drug-likeness (QED) is 0.868. The number of anilines is 1. The molecule has 0 bridgehead atoms. The number of amides is 3. The maximum absolute atomic E-state index is 12.6. The molecule has 3 fully saturated rings. The lowest BCUT2D eigenvalue weighted by molar-refractivity contribution is -0.120. The van der Waals surface area contributed by atoms with Crippen LogP contribution in [0.2, 0.25) is 0 Å². The van der Waals surface area contributed by atoms with E-state index < -0.39 is 0 Å². The van der Waals surface area contributed by atoms with Crippen LogP contribution in [-0.2, 0) is 4.79 Å². The van der Waals surface area contributed by atoms with E-state index in [1.54, 1.807) is 9.80 Å². The van der Waals surface area contributed by atoms with Gasteiger partial charge in [0.2, 0.25) is 5.91 Å². The summed E-state index contributed by atoms with van der Waals surface area (Å²) in [5, 5.41) is 3.08. The van der Waals surface area contributed by atoms with Crippen LogP contribution >= 0.6 is 0 Å². The Morgan fingerprint density at radius 2 is 1.79 bits per heavy atom. The highest BCUT2D eigenvalue weighted by atomic mass is 16.2. The van der Waals surface area contributed by atoms with Gasteiger partial charge in [-0.15, -0.1) is 0 Å². The second kappa shape index (κ2) is 8.95. The van der Waals surface area contributed by atoms with Crippen LogP contribution in [0.5, 0.6) is 0 Å². The number of nitrogens with zero attached hydrogens (tertiary/aromatic N) is 3. The summed E-state index contributed by atoms with van der Waals surface area (Å²) in [5.41, 5.74) is 0.904. The van der Waals surface area contributed by atoms with Crippen molar-refractivity contribution in [1.29, 1.82) is 0 Å². The molecule has 1 aromatic carbocycles. The van der Waals surface area contributed by atoms with Crippen LogP contribution in [0.25, 0.3) is 0 Å². The van der Waals surface area contributed by atoms with E-state index in [1.807, 2.05) is 30.3 Å². The first kappa shape index (κ1) is 19.2. The Bertz CT molecular complexity index is 674. The van der Waals surface area contributed by atoms with Crippen molar-refractivity contribution in [2.75, 3.05) is 44.2 Å². The van der Waals surface area contributed by atoms with Gasteiger partial charge in [-0.3, -0.25) is 4.79 Å². The zero-order valence-corrected chi connectivity index (χ0v) is 16.7. The minimum atomic E-state index is -0.0998. The Kier molecular flexibility index (Phi) is 6.15. The minimum absolute atomic E-state index is 0.0167. The average Bonchev–Trinajstić information content (AvgIpc) is 3.22. The number of carbonyl (C=O) groups excluding carboxylic acids is 2. The largest absolute Gasteiger partial charge is 0.338 e. The van der Waals surface area contributed by atoms with Gasteiger partial charge in [-0.1, -0.05) is 37.5 Å². The lowest BCUT2D eigenvalue weighted by Gasteiger charge is -2.34. The molecule has 1 saturated carbocycles. The molecule has 2 saturated heterocycles. The van der Waals surface area contributed by atoms with Crippen molar-refractivity contribution in [1.82, 2.24) is 15.1 Å². The van der Waals surface area contributed by atoms with E-state index in [0.717, 1.165) is 31.2 Å². The molecule has 6 nitrogen and oxygen atoms in total. The van der Waals surface area contributed by atoms with E-state index in [0.29, 0.717) is 19.0 Å². The number of rotatable bonds is 4. The average molecular weight is 385 g/mol. The van der Waals surface area contributed by atoms with Gasteiger partial charge in [0.15, 0.2) is 0 Å². The lowest BCUT2D eigenvalue weighted by Crippen LogP contribution is -2.55. The van der Waals surface area contributed by atoms with Crippen molar-refractivity contribution in [2.45, 2.75) is 44.6 Å². The highest BCUT2D eigenvalue weighted by Crippen LogP contribution is 2.27. The molecule has 4 rings (SSSR count). The van der Waals surface area contributed by atoms with Crippen LogP contribution in [-0.4, -0.2) is 67.0 Å². The summed E-state index contributed by atoms with van der Waals surface area (Å²) in [5.74, 6) is 0.518. The van der Waals surface area contributed by atoms with Gasteiger partial charge >= 0.3 is 6.03 Å². The number of para-hydroxylation sites is 1. The van der Waals surface area contributed by atoms with Crippen molar-refractivity contribution in [2.24, 2.45) is 5.92 Å². The summed E-state index contributed by atoms with van der Waals surface area (Å²) in [6.07, 6.45) is 7.97. The molecule has 3 amide bonds. The number of carbonyl (C=O) groups is 2. The van der Waals surface area contributed by atoms with Gasteiger partial charge in [-0.2, -0.15) is 0 Å². The Morgan fingerprint density at radius 1 is 1.00 bits per heavy atom. The SMILES string of the molecule is O=C(NC[C@H]1CCN(C2CCCCC2)C1)N1CCN(c2ccccc2)C(=O)C1. The number of hydrogen-bond donors (Lipinski definition) is 1. The van der Waals surface area contributed by atoms with E-state index in [9.17, 15) is 9.59 Å². The molecule has 2 aliphatic heterocycles. The van der Waals surface area contributed by atoms with E-state index in [4.69, 9.17) is 0 Å². The Labute approximate surface area is 167 Å². The summed E-state index contributed by atoms with van der Waals surface area (Å²) >= 11 is 0. The second-order valence-electron chi connectivity index (χ2n) is 8.43. The maximum Gasteiger partial charge on any atom is 0.317 e. The molecule has 1 N–H and O–H groups in total. The molecule has 6 heteroatoms. The summed E-state index contributed by atoms with van der Waals surface area (Å²) < 4.78 is 0. The molecule has 152 valence electrons. The molecular formula is C22H32N4O2. The van der Waals surface area contributed by atoms with Crippen LogP contribution in [0.4, 0.5) is 10.5 Å². The third kappa shape index (κ3) is 4.49. The second-order valence-corrected chi connectivity index (χ2v) is 8.43. The molecule has 1 aliphatic carbocycles. The lowest BCUT2D eigenvalue weighted by atomic mass is 9.94. The number of piperazine rings is 1. The molecule has 2 heterocycles. The topological polar surface area (TPSA) is 55.9 Å². The van der Waals surface area contributed by atoms with Gasteiger partial charge in [0.1, 0.15) is 6.54 Å². The zero-order valence-electron chi connectivity index (χ0n) is 16.7. The Hall–Kier alpha value is -2.08. The molecule has 0 unspecified atom stereocenters.